The number of aliphatic carboxylic acids is 1. The van der Waals surface area contributed by atoms with E-state index < -0.39 is 5.97 Å². The number of hydrogen-bond donors (Lipinski definition) is 2. The molecule has 2 N–H and O–H groups in total. The molecule has 2 fully saturated rings. The zero-order valence-electron chi connectivity index (χ0n) is 9.85. The molecule has 0 heterocycles. The Morgan fingerprint density at radius 3 is 2.47 bits per heavy atom. The second-order valence-electron chi connectivity index (χ2n) is 4.88. The van der Waals surface area contributed by atoms with E-state index in [-0.39, 0.29) is 25.0 Å². The molecule has 0 bridgehead atoms. The van der Waals surface area contributed by atoms with Gasteiger partial charge in [-0.1, -0.05) is 12.8 Å². The zero-order valence-corrected chi connectivity index (χ0v) is 9.85. The second-order valence-corrected chi connectivity index (χ2v) is 4.88. The highest BCUT2D eigenvalue weighted by Gasteiger charge is 2.54. The number of carbonyl (C=O) groups excluding carboxylic acids is 1. The molecule has 96 valence electrons. The van der Waals surface area contributed by atoms with Crippen LogP contribution in [0.2, 0.25) is 0 Å². The van der Waals surface area contributed by atoms with Gasteiger partial charge < -0.3 is 15.2 Å². The SMILES string of the molecule is O=C(O)COCCNC(=O)C1C2CCCCC21. The van der Waals surface area contributed by atoms with Crippen molar-refractivity contribution >= 4 is 11.9 Å². The van der Waals surface area contributed by atoms with E-state index in [0.717, 1.165) is 0 Å². The summed E-state index contributed by atoms with van der Waals surface area (Å²) in [5.74, 6) is 0.592. The molecule has 0 spiro atoms. The van der Waals surface area contributed by atoms with Crippen LogP contribution in [0.4, 0.5) is 0 Å². The van der Waals surface area contributed by atoms with Crippen molar-refractivity contribution in [1.29, 1.82) is 0 Å². The molecular weight excluding hydrogens is 222 g/mol. The molecule has 0 aliphatic heterocycles. The monoisotopic (exact) mass is 241 g/mol. The van der Waals surface area contributed by atoms with Crippen LogP contribution in [0.5, 0.6) is 0 Å². The molecule has 2 rings (SSSR count). The smallest absolute Gasteiger partial charge is 0.329 e. The zero-order chi connectivity index (χ0) is 12.3. The van der Waals surface area contributed by atoms with Gasteiger partial charge in [0.2, 0.25) is 5.91 Å². The number of amides is 1. The summed E-state index contributed by atoms with van der Waals surface area (Å²) in [6.45, 7) is 0.368. The van der Waals surface area contributed by atoms with Gasteiger partial charge in [0.15, 0.2) is 0 Å². The van der Waals surface area contributed by atoms with E-state index in [1.807, 2.05) is 0 Å². The minimum atomic E-state index is -0.982. The first kappa shape index (κ1) is 12.4. The fraction of sp³-hybridized carbons (Fsp3) is 0.833. The van der Waals surface area contributed by atoms with Crippen LogP contribution in [0, 0.1) is 17.8 Å². The molecule has 0 saturated heterocycles. The maximum Gasteiger partial charge on any atom is 0.329 e. The van der Waals surface area contributed by atoms with E-state index in [9.17, 15) is 9.59 Å². The fourth-order valence-electron chi connectivity index (χ4n) is 2.90. The predicted molar refractivity (Wildman–Crippen MR) is 60.4 cm³/mol. The first-order chi connectivity index (χ1) is 8.20. The summed E-state index contributed by atoms with van der Waals surface area (Å²) >= 11 is 0. The highest BCUT2D eigenvalue weighted by atomic mass is 16.5. The molecular formula is C12H19NO4. The lowest BCUT2D eigenvalue weighted by molar-refractivity contribution is -0.142. The molecule has 5 heteroatoms. The van der Waals surface area contributed by atoms with Crippen molar-refractivity contribution in [2.75, 3.05) is 19.8 Å². The van der Waals surface area contributed by atoms with Crippen molar-refractivity contribution in [2.24, 2.45) is 17.8 Å². The Balaban J connectivity index is 1.57. The first-order valence-electron chi connectivity index (χ1n) is 6.27. The van der Waals surface area contributed by atoms with Gasteiger partial charge in [0, 0.05) is 12.5 Å². The number of ether oxygens (including phenoxy) is 1. The van der Waals surface area contributed by atoms with Gasteiger partial charge in [0.05, 0.1) is 6.61 Å². The Bertz CT molecular complexity index is 293. The summed E-state index contributed by atoms with van der Waals surface area (Å²) in [6, 6.07) is 0. The highest BCUT2D eigenvalue weighted by molar-refractivity contribution is 5.82. The van der Waals surface area contributed by atoms with Crippen LogP contribution in [-0.2, 0) is 14.3 Å². The van der Waals surface area contributed by atoms with Crippen molar-refractivity contribution < 1.29 is 19.4 Å². The Morgan fingerprint density at radius 1 is 1.24 bits per heavy atom. The number of carboxylic acids is 1. The normalized spacial score (nSPS) is 30.5. The van der Waals surface area contributed by atoms with Gasteiger partial charge >= 0.3 is 5.97 Å². The third-order valence-electron chi connectivity index (χ3n) is 3.73. The molecule has 17 heavy (non-hydrogen) atoms. The molecule has 2 atom stereocenters. The highest BCUT2D eigenvalue weighted by Crippen LogP contribution is 2.55. The quantitative estimate of drug-likeness (QED) is 0.669. The van der Waals surface area contributed by atoms with Crippen LogP contribution >= 0.6 is 0 Å². The lowest BCUT2D eigenvalue weighted by Gasteiger charge is -2.04. The molecule has 0 radical (unpaired) electrons. The van der Waals surface area contributed by atoms with E-state index in [0.29, 0.717) is 18.4 Å². The first-order valence-corrected chi connectivity index (χ1v) is 6.27. The van der Waals surface area contributed by atoms with Gasteiger partial charge in [-0.15, -0.1) is 0 Å². The minimum absolute atomic E-state index is 0.126. The van der Waals surface area contributed by atoms with Crippen molar-refractivity contribution in [2.45, 2.75) is 25.7 Å². The molecule has 2 aliphatic rings. The number of rotatable bonds is 6. The summed E-state index contributed by atoms with van der Waals surface area (Å²) in [5.41, 5.74) is 0. The number of carboxylic acid groups (broad SMARTS) is 1. The fourth-order valence-corrected chi connectivity index (χ4v) is 2.90. The summed E-state index contributed by atoms with van der Waals surface area (Å²) < 4.78 is 4.85. The second kappa shape index (κ2) is 5.49. The molecule has 2 saturated carbocycles. The van der Waals surface area contributed by atoms with E-state index in [1.165, 1.54) is 25.7 Å². The van der Waals surface area contributed by atoms with Gasteiger partial charge in [0.1, 0.15) is 6.61 Å². The van der Waals surface area contributed by atoms with Gasteiger partial charge in [-0.2, -0.15) is 0 Å². The Morgan fingerprint density at radius 2 is 1.88 bits per heavy atom. The van der Waals surface area contributed by atoms with E-state index >= 15 is 0 Å². The lowest BCUT2D eigenvalue weighted by atomic mass is 10.0. The van der Waals surface area contributed by atoms with Crippen molar-refractivity contribution in [3.05, 3.63) is 0 Å². The van der Waals surface area contributed by atoms with Crippen LogP contribution in [-0.4, -0.2) is 36.7 Å². The van der Waals surface area contributed by atoms with Gasteiger partial charge in [0.25, 0.3) is 0 Å². The van der Waals surface area contributed by atoms with E-state index in [1.54, 1.807) is 0 Å². The van der Waals surface area contributed by atoms with Crippen molar-refractivity contribution in [1.82, 2.24) is 5.32 Å². The molecule has 2 aliphatic carbocycles. The number of hydrogen-bond acceptors (Lipinski definition) is 3. The number of carbonyl (C=O) groups is 2. The third kappa shape index (κ3) is 3.19. The summed E-state index contributed by atoms with van der Waals surface area (Å²) in [7, 11) is 0. The molecule has 2 unspecified atom stereocenters. The van der Waals surface area contributed by atoms with Gasteiger partial charge in [-0.3, -0.25) is 4.79 Å². The summed E-state index contributed by atoms with van der Waals surface area (Å²) in [4.78, 5) is 22.0. The average Bonchev–Trinajstić information content (AvgIpc) is 3.02. The van der Waals surface area contributed by atoms with Crippen LogP contribution in [0.15, 0.2) is 0 Å². The predicted octanol–water partition coefficient (Wildman–Crippen LogP) is 0.640. The van der Waals surface area contributed by atoms with Gasteiger partial charge in [-0.25, -0.2) is 4.79 Å². The minimum Gasteiger partial charge on any atom is -0.480 e. The molecule has 1 amide bonds. The Labute approximate surface area is 101 Å². The number of nitrogens with one attached hydrogen (secondary N) is 1. The van der Waals surface area contributed by atoms with E-state index in [4.69, 9.17) is 9.84 Å². The average molecular weight is 241 g/mol. The molecule has 5 nitrogen and oxygen atoms in total. The van der Waals surface area contributed by atoms with Crippen LogP contribution in [0.1, 0.15) is 25.7 Å². The molecule has 0 aromatic carbocycles. The van der Waals surface area contributed by atoms with Crippen LogP contribution in [0.3, 0.4) is 0 Å². The maximum absolute atomic E-state index is 11.8. The maximum atomic E-state index is 11.8. The Hall–Kier alpha value is -1.10. The largest absolute Gasteiger partial charge is 0.480 e. The molecule has 0 aromatic rings. The van der Waals surface area contributed by atoms with Crippen molar-refractivity contribution in [3.8, 4) is 0 Å². The third-order valence-corrected chi connectivity index (χ3v) is 3.73. The Kier molecular flexibility index (Phi) is 3.99. The van der Waals surface area contributed by atoms with Crippen LogP contribution in [0.25, 0.3) is 0 Å². The standard InChI is InChI=1S/C12H19NO4/c14-10(15)7-17-6-5-13-12(16)11-8-3-1-2-4-9(8)11/h8-9,11H,1-7H2,(H,13,16)(H,14,15). The van der Waals surface area contributed by atoms with Gasteiger partial charge in [-0.05, 0) is 24.7 Å². The van der Waals surface area contributed by atoms with Crippen LogP contribution < -0.4 is 5.32 Å². The molecule has 0 aromatic heterocycles. The number of fused-ring (bicyclic) bond motifs is 1. The summed E-state index contributed by atoms with van der Waals surface area (Å²) in [6.07, 6.45) is 4.90. The summed E-state index contributed by atoms with van der Waals surface area (Å²) in [5, 5.41) is 11.2. The lowest BCUT2D eigenvalue weighted by Crippen LogP contribution is -2.30. The topological polar surface area (TPSA) is 75.6 Å². The van der Waals surface area contributed by atoms with E-state index in [2.05, 4.69) is 5.32 Å². The van der Waals surface area contributed by atoms with Crippen molar-refractivity contribution in [3.63, 3.8) is 0 Å².